The lowest BCUT2D eigenvalue weighted by atomic mass is 9.95. The van der Waals surface area contributed by atoms with Crippen LogP contribution in [0.2, 0.25) is 0 Å². The van der Waals surface area contributed by atoms with Crippen molar-refractivity contribution in [3.05, 3.63) is 64.0 Å². The second-order valence-electron chi connectivity index (χ2n) is 8.72. The second kappa shape index (κ2) is 8.75. The van der Waals surface area contributed by atoms with Gasteiger partial charge in [0.2, 0.25) is 5.91 Å². The molecule has 1 saturated heterocycles. The van der Waals surface area contributed by atoms with Gasteiger partial charge in [0.15, 0.2) is 0 Å². The number of allylic oxidation sites excluding steroid dienone is 3. The van der Waals surface area contributed by atoms with Gasteiger partial charge in [0, 0.05) is 41.3 Å². The van der Waals surface area contributed by atoms with Crippen LogP contribution >= 0.6 is 0 Å². The van der Waals surface area contributed by atoms with Gasteiger partial charge in [0.1, 0.15) is 24.5 Å². The molecular weight excluding hydrogens is 440 g/mol. The summed E-state index contributed by atoms with van der Waals surface area (Å²) in [6.07, 6.45) is 3.99. The number of nitrogens with two attached hydrogens (primary N) is 1. The number of nitrogen functional groups attached to an aromatic ring is 1. The Balaban J connectivity index is 1.64. The molecule has 2 aromatic heterocycles. The minimum atomic E-state index is 0.0523. The Labute approximate surface area is 203 Å². The van der Waals surface area contributed by atoms with E-state index in [1.54, 1.807) is 0 Å². The maximum absolute atomic E-state index is 12.9. The highest BCUT2D eigenvalue weighted by Gasteiger charge is 2.30. The Hall–Kier alpha value is -4.40. The standard InChI is InChI=1S/C27H24N6O2/c1-16-20(25-17(2)22(13-29)27(30)31-26(25)21(16)12-28)11-18-14-33(23-6-4-3-5-19(18)23)15-24(34)32-7-9-35-10-8-32/h3-6,11,14H,7-10,15H2,1-2H3,(H2,30,31)/b20-11-. The number of amides is 1. The first-order chi connectivity index (χ1) is 16.9. The molecular formula is C27H24N6O2. The van der Waals surface area contributed by atoms with Crippen LogP contribution in [0.5, 0.6) is 0 Å². The van der Waals surface area contributed by atoms with Gasteiger partial charge in [-0.1, -0.05) is 18.2 Å². The number of carbonyl (C=O) groups is 1. The molecule has 1 amide bonds. The molecule has 1 fully saturated rings. The predicted octanol–water partition coefficient (Wildman–Crippen LogP) is 3.51. The van der Waals surface area contributed by atoms with Crippen molar-refractivity contribution in [2.24, 2.45) is 0 Å². The van der Waals surface area contributed by atoms with Crippen LogP contribution in [0, 0.1) is 29.6 Å². The van der Waals surface area contributed by atoms with Crippen molar-refractivity contribution < 1.29 is 9.53 Å². The van der Waals surface area contributed by atoms with E-state index in [4.69, 9.17) is 10.5 Å². The van der Waals surface area contributed by atoms with Gasteiger partial charge in [0.05, 0.1) is 30.0 Å². The van der Waals surface area contributed by atoms with E-state index in [0.717, 1.165) is 33.2 Å². The molecule has 3 heterocycles. The fourth-order valence-corrected chi connectivity index (χ4v) is 4.93. The Morgan fingerprint density at radius 1 is 1.20 bits per heavy atom. The molecule has 2 aliphatic rings. The molecule has 0 atom stereocenters. The Morgan fingerprint density at radius 2 is 1.94 bits per heavy atom. The van der Waals surface area contributed by atoms with E-state index in [1.807, 2.05) is 59.9 Å². The maximum Gasteiger partial charge on any atom is 0.242 e. The lowest BCUT2D eigenvalue weighted by Crippen LogP contribution is -2.42. The molecule has 0 spiro atoms. The van der Waals surface area contributed by atoms with Gasteiger partial charge >= 0.3 is 0 Å². The zero-order valence-corrected chi connectivity index (χ0v) is 19.6. The van der Waals surface area contributed by atoms with Crippen LogP contribution in [0.3, 0.4) is 0 Å². The van der Waals surface area contributed by atoms with Crippen LogP contribution < -0.4 is 5.73 Å². The largest absolute Gasteiger partial charge is 0.383 e. The maximum atomic E-state index is 12.9. The second-order valence-corrected chi connectivity index (χ2v) is 8.72. The van der Waals surface area contributed by atoms with E-state index in [-0.39, 0.29) is 18.3 Å². The topological polar surface area (TPSA) is 121 Å². The van der Waals surface area contributed by atoms with Crippen molar-refractivity contribution in [3.8, 4) is 12.1 Å². The van der Waals surface area contributed by atoms with Crippen LogP contribution in [-0.4, -0.2) is 46.7 Å². The highest BCUT2D eigenvalue weighted by atomic mass is 16.5. The first kappa shape index (κ1) is 22.4. The fourth-order valence-electron chi connectivity index (χ4n) is 4.93. The molecule has 8 nitrogen and oxygen atoms in total. The van der Waals surface area contributed by atoms with E-state index in [2.05, 4.69) is 17.1 Å². The number of para-hydroxylation sites is 1. The van der Waals surface area contributed by atoms with Gasteiger partial charge < -0.3 is 19.9 Å². The molecule has 0 bridgehead atoms. The first-order valence-corrected chi connectivity index (χ1v) is 11.4. The molecule has 5 rings (SSSR count). The van der Waals surface area contributed by atoms with Gasteiger partial charge in [-0.25, -0.2) is 4.98 Å². The minimum absolute atomic E-state index is 0.0523. The highest BCUT2D eigenvalue weighted by molar-refractivity contribution is 6.10. The summed E-state index contributed by atoms with van der Waals surface area (Å²) in [4.78, 5) is 19.2. The predicted molar refractivity (Wildman–Crippen MR) is 134 cm³/mol. The van der Waals surface area contributed by atoms with Gasteiger partial charge in [-0.3, -0.25) is 4.79 Å². The van der Waals surface area contributed by atoms with E-state index in [9.17, 15) is 15.3 Å². The molecule has 1 aliphatic heterocycles. The molecule has 0 radical (unpaired) electrons. The van der Waals surface area contributed by atoms with Gasteiger partial charge in [-0.15, -0.1) is 0 Å². The van der Waals surface area contributed by atoms with Crippen LogP contribution in [0.25, 0.3) is 28.1 Å². The number of rotatable bonds is 3. The molecule has 1 aromatic carbocycles. The monoisotopic (exact) mass is 464 g/mol. The normalized spacial score (nSPS) is 16.5. The lowest BCUT2D eigenvalue weighted by Gasteiger charge is -2.27. The minimum Gasteiger partial charge on any atom is -0.383 e. The molecule has 35 heavy (non-hydrogen) atoms. The summed E-state index contributed by atoms with van der Waals surface area (Å²) in [5, 5.41) is 20.5. The van der Waals surface area contributed by atoms with Crippen molar-refractivity contribution in [3.63, 3.8) is 0 Å². The van der Waals surface area contributed by atoms with Crippen molar-refractivity contribution in [1.29, 1.82) is 10.5 Å². The summed E-state index contributed by atoms with van der Waals surface area (Å²) < 4.78 is 7.34. The third kappa shape index (κ3) is 3.65. The van der Waals surface area contributed by atoms with Crippen LogP contribution in [0.1, 0.15) is 34.9 Å². The molecule has 0 saturated carbocycles. The molecule has 3 aromatic rings. The van der Waals surface area contributed by atoms with Crippen LogP contribution in [0.15, 0.2) is 36.0 Å². The van der Waals surface area contributed by atoms with Crippen LogP contribution in [-0.2, 0) is 16.1 Å². The zero-order valence-electron chi connectivity index (χ0n) is 19.6. The first-order valence-electron chi connectivity index (χ1n) is 11.4. The number of nitriles is 2. The average Bonchev–Trinajstić information content (AvgIpc) is 3.34. The fraction of sp³-hybridized carbons (Fsp3) is 0.259. The summed E-state index contributed by atoms with van der Waals surface area (Å²) in [7, 11) is 0. The molecule has 174 valence electrons. The molecule has 1 aliphatic carbocycles. The number of morpholine rings is 1. The number of ether oxygens (including phenoxy) is 1. The smallest absolute Gasteiger partial charge is 0.242 e. The van der Waals surface area contributed by atoms with E-state index in [0.29, 0.717) is 48.7 Å². The zero-order chi connectivity index (χ0) is 24.7. The lowest BCUT2D eigenvalue weighted by molar-refractivity contribution is -0.135. The number of anilines is 1. The Bertz CT molecular complexity index is 1520. The number of aromatic nitrogens is 2. The van der Waals surface area contributed by atoms with Crippen LogP contribution in [0.4, 0.5) is 5.82 Å². The van der Waals surface area contributed by atoms with Crippen molar-refractivity contribution in [2.45, 2.75) is 20.4 Å². The number of nitrogens with zero attached hydrogens (tertiary/aromatic N) is 5. The summed E-state index contributed by atoms with van der Waals surface area (Å²) >= 11 is 0. The summed E-state index contributed by atoms with van der Waals surface area (Å²) in [5.74, 6) is 0.181. The molecule has 8 heteroatoms. The van der Waals surface area contributed by atoms with E-state index in [1.165, 1.54) is 0 Å². The number of carbonyl (C=O) groups excluding carboxylic acids is 1. The number of fused-ring (bicyclic) bond motifs is 2. The average molecular weight is 465 g/mol. The number of hydrogen-bond acceptors (Lipinski definition) is 6. The third-order valence-electron chi connectivity index (χ3n) is 6.77. The van der Waals surface area contributed by atoms with Gasteiger partial charge in [0.25, 0.3) is 0 Å². The number of hydrogen-bond donors (Lipinski definition) is 1. The highest BCUT2D eigenvalue weighted by Crippen LogP contribution is 2.44. The Kier molecular flexibility index (Phi) is 5.60. The van der Waals surface area contributed by atoms with Gasteiger partial charge in [-0.05, 0) is 42.7 Å². The summed E-state index contributed by atoms with van der Waals surface area (Å²) in [6, 6.07) is 12.3. The summed E-state index contributed by atoms with van der Waals surface area (Å²) in [6.45, 7) is 6.27. The van der Waals surface area contributed by atoms with E-state index < -0.39 is 0 Å². The Morgan fingerprint density at radius 3 is 2.66 bits per heavy atom. The number of benzene rings is 1. The van der Waals surface area contributed by atoms with Gasteiger partial charge in [-0.2, -0.15) is 10.5 Å². The molecule has 0 unspecified atom stereocenters. The molecule has 2 N–H and O–H groups in total. The van der Waals surface area contributed by atoms with Crippen molar-refractivity contribution >= 4 is 39.9 Å². The third-order valence-corrected chi connectivity index (χ3v) is 6.77. The SMILES string of the molecule is CC1=C(C#N)c2nc(N)c(C#N)c(C)c2/C1=C\c1cn(CC(=O)N2CCOCC2)c2ccccc12. The number of pyridine rings is 1. The quantitative estimate of drug-likeness (QED) is 0.633. The van der Waals surface area contributed by atoms with Crippen molar-refractivity contribution in [1.82, 2.24) is 14.5 Å². The van der Waals surface area contributed by atoms with Crippen molar-refractivity contribution in [2.75, 3.05) is 32.0 Å². The summed E-state index contributed by atoms with van der Waals surface area (Å²) in [5.41, 5.74) is 12.3. The van der Waals surface area contributed by atoms with E-state index >= 15 is 0 Å².